The molecule has 2 atom stereocenters. The number of allylic oxidation sites excluding steroid dienone is 2. The molecule has 2 heterocycles. The summed E-state index contributed by atoms with van der Waals surface area (Å²) in [4.78, 5) is 39.7. The highest BCUT2D eigenvalue weighted by atomic mass is 16.6. The molecule has 3 N–H and O–H groups in total. The molecule has 0 bridgehead atoms. The Morgan fingerprint density at radius 1 is 1.10 bits per heavy atom. The Labute approximate surface area is 245 Å². The molecule has 224 valence electrons. The number of esters is 1. The topological polar surface area (TPSA) is 143 Å². The van der Waals surface area contributed by atoms with Gasteiger partial charge < -0.3 is 25.2 Å². The summed E-state index contributed by atoms with van der Waals surface area (Å²) in [5.74, 6) is -1.07. The van der Waals surface area contributed by atoms with Crippen molar-refractivity contribution in [1.29, 1.82) is 0 Å². The molecule has 0 radical (unpaired) electrons. The molecule has 2 aliphatic heterocycles. The predicted octanol–water partition coefficient (Wildman–Crippen LogP) is 4.07. The highest BCUT2D eigenvalue weighted by Crippen LogP contribution is 2.49. The lowest BCUT2D eigenvalue weighted by molar-refractivity contribution is -0.385. The van der Waals surface area contributed by atoms with Crippen molar-refractivity contribution in [3.63, 3.8) is 0 Å². The van der Waals surface area contributed by atoms with Crippen molar-refractivity contribution in [3.8, 4) is 5.75 Å². The number of piperazine rings is 1. The predicted molar refractivity (Wildman–Crippen MR) is 157 cm³/mol. The van der Waals surface area contributed by atoms with Crippen LogP contribution in [0.15, 0.2) is 71.1 Å². The molecule has 11 nitrogen and oxygen atoms in total. The van der Waals surface area contributed by atoms with Crippen molar-refractivity contribution in [3.05, 3.63) is 92.3 Å². The average Bonchev–Trinajstić information content (AvgIpc) is 2.98. The molecule has 0 aliphatic carbocycles. The van der Waals surface area contributed by atoms with Crippen LogP contribution in [0.4, 0.5) is 5.69 Å². The number of carbonyl (C=O) groups excluding carboxylic acids is 1. The number of non-ortho nitro benzene ring substituents is 1. The number of carboxylic acid groups (broad SMARTS) is 1. The number of dihydropyridines is 1. The number of rotatable bonds is 11. The van der Waals surface area contributed by atoms with Gasteiger partial charge in [0.1, 0.15) is 5.75 Å². The minimum absolute atomic E-state index is 0.0249. The van der Waals surface area contributed by atoms with Gasteiger partial charge in [-0.05, 0) is 44.9 Å². The number of benzene rings is 2. The number of methoxy groups -OCH3 is 2. The first kappa shape index (κ1) is 30.7. The summed E-state index contributed by atoms with van der Waals surface area (Å²) in [6.45, 7) is 6.51. The maximum absolute atomic E-state index is 13.3. The number of nitrogens with zero attached hydrogens (tertiary/aromatic N) is 2. The zero-order chi connectivity index (χ0) is 30.4. The fourth-order valence-electron chi connectivity index (χ4n) is 6.48. The van der Waals surface area contributed by atoms with Gasteiger partial charge in [-0.1, -0.05) is 36.8 Å². The van der Waals surface area contributed by atoms with E-state index in [0.717, 1.165) is 37.5 Å². The molecule has 42 heavy (non-hydrogen) atoms. The largest absolute Gasteiger partial charge is 0.496 e. The van der Waals surface area contributed by atoms with Crippen molar-refractivity contribution in [1.82, 2.24) is 15.5 Å². The number of unbranched alkanes of at least 4 members (excludes halogenated alkanes) is 1. The normalized spacial score (nSPS) is 21.1. The lowest BCUT2D eigenvalue weighted by atomic mass is 9.63. The summed E-state index contributed by atoms with van der Waals surface area (Å²) in [6, 6.07) is 14.0. The molecule has 0 amide bonds. The maximum atomic E-state index is 13.3. The molecule has 2 aliphatic rings. The van der Waals surface area contributed by atoms with Crippen molar-refractivity contribution >= 4 is 17.6 Å². The second kappa shape index (κ2) is 13.2. The highest BCUT2D eigenvalue weighted by molar-refractivity contribution is 6.01. The van der Waals surface area contributed by atoms with Crippen molar-refractivity contribution in [2.24, 2.45) is 0 Å². The minimum Gasteiger partial charge on any atom is -0.496 e. The van der Waals surface area contributed by atoms with Crippen LogP contribution in [0.3, 0.4) is 0 Å². The van der Waals surface area contributed by atoms with Crippen LogP contribution in [0.2, 0.25) is 0 Å². The Morgan fingerprint density at radius 2 is 1.83 bits per heavy atom. The van der Waals surface area contributed by atoms with Crippen LogP contribution in [-0.4, -0.2) is 67.3 Å². The van der Waals surface area contributed by atoms with E-state index in [4.69, 9.17) is 9.47 Å². The summed E-state index contributed by atoms with van der Waals surface area (Å²) >= 11 is 0. The number of carboxylic acids is 1. The Hall–Kier alpha value is -4.22. The number of hydrogen-bond acceptors (Lipinski definition) is 9. The summed E-state index contributed by atoms with van der Waals surface area (Å²) in [6.07, 6.45) is 1.49. The fourth-order valence-corrected chi connectivity index (χ4v) is 6.48. The van der Waals surface area contributed by atoms with Crippen LogP contribution in [0.1, 0.15) is 50.3 Å². The van der Waals surface area contributed by atoms with E-state index in [9.17, 15) is 24.8 Å². The molecular weight excluding hydrogens is 540 g/mol. The molecular formula is C31H38N4O7. The lowest BCUT2D eigenvalue weighted by Gasteiger charge is -2.42. The number of aliphatic carboxylic acids is 1. The van der Waals surface area contributed by atoms with Crippen LogP contribution in [-0.2, 0) is 19.7 Å². The average molecular weight is 579 g/mol. The van der Waals surface area contributed by atoms with Crippen molar-refractivity contribution in [2.45, 2.75) is 44.6 Å². The van der Waals surface area contributed by atoms with Crippen LogP contribution >= 0.6 is 0 Å². The molecule has 2 aromatic rings. The Kier molecular flexibility index (Phi) is 9.64. The number of nitrogens with one attached hydrogen (secondary N) is 2. The molecule has 2 unspecified atom stereocenters. The Balaban J connectivity index is 1.71. The fraction of sp³-hybridized carbons (Fsp3) is 0.419. The molecule has 0 saturated carbocycles. The number of carbonyl (C=O) groups is 2. The summed E-state index contributed by atoms with van der Waals surface area (Å²) in [5, 5.41) is 28.7. The van der Waals surface area contributed by atoms with Gasteiger partial charge in [0, 0.05) is 48.7 Å². The maximum Gasteiger partial charge on any atom is 0.336 e. The quantitative estimate of drug-likeness (QED) is 0.155. The van der Waals surface area contributed by atoms with E-state index >= 15 is 0 Å². The number of hydrogen-bond donors (Lipinski definition) is 3. The van der Waals surface area contributed by atoms with E-state index in [1.165, 1.54) is 25.3 Å². The third kappa shape index (κ3) is 5.88. The number of nitro groups is 1. The first-order valence-corrected chi connectivity index (χ1v) is 14.0. The van der Waals surface area contributed by atoms with E-state index in [1.807, 2.05) is 18.2 Å². The van der Waals surface area contributed by atoms with Gasteiger partial charge in [-0.25, -0.2) is 9.59 Å². The van der Waals surface area contributed by atoms with Crippen LogP contribution < -0.4 is 15.4 Å². The third-order valence-electron chi connectivity index (χ3n) is 8.23. The molecule has 2 aromatic carbocycles. The lowest BCUT2D eigenvalue weighted by Crippen LogP contribution is -2.46. The SMILES string of the molecule is COC(=O)C1=C(C)NC(C)=C(C(=O)O)C1(CCCCN1CCNCC1c1ccccc1OC)c1cccc([N+](=O)[O-])c1. The van der Waals surface area contributed by atoms with Crippen LogP contribution in [0, 0.1) is 10.1 Å². The molecule has 11 heteroatoms. The summed E-state index contributed by atoms with van der Waals surface area (Å²) in [5.41, 5.74) is 0.753. The smallest absolute Gasteiger partial charge is 0.336 e. The van der Waals surface area contributed by atoms with Gasteiger partial charge in [-0.15, -0.1) is 0 Å². The number of ether oxygens (including phenoxy) is 2. The molecule has 0 aromatic heterocycles. The van der Waals surface area contributed by atoms with Gasteiger partial charge in [-0.3, -0.25) is 15.0 Å². The van der Waals surface area contributed by atoms with Crippen molar-refractivity contribution in [2.75, 3.05) is 40.4 Å². The molecule has 0 spiro atoms. The minimum atomic E-state index is -1.46. The molecule has 4 rings (SSSR count). The summed E-state index contributed by atoms with van der Waals surface area (Å²) in [7, 11) is 2.91. The van der Waals surface area contributed by atoms with Gasteiger partial charge in [-0.2, -0.15) is 0 Å². The monoisotopic (exact) mass is 578 g/mol. The zero-order valence-corrected chi connectivity index (χ0v) is 24.4. The van der Waals surface area contributed by atoms with Gasteiger partial charge in [0.05, 0.1) is 41.7 Å². The van der Waals surface area contributed by atoms with Gasteiger partial charge in [0.25, 0.3) is 5.69 Å². The van der Waals surface area contributed by atoms with Crippen LogP contribution in [0.25, 0.3) is 0 Å². The van der Waals surface area contributed by atoms with E-state index in [-0.39, 0.29) is 29.3 Å². The molecule has 1 saturated heterocycles. The Bertz CT molecular complexity index is 1420. The summed E-state index contributed by atoms with van der Waals surface area (Å²) < 4.78 is 10.8. The standard InChI is InChI=1S/C31H38N4O7/c1-20-27(29(36)37)31(28(21(2)33-20)30(38)42-4,22-10-9-11-23(18-22)35(39)40)14-7-8-16-34-17-15-32-19-25(34)24-12-5-6-13-26(24)41-3/h5-6,9-13,18,25,32-33H,7-8,14-17,19H2,1-4H3,(H,36,37). The number of para-hydroxylation sites is 1. The third-order valence-corrected chi connectivity index (χ3v) is 8.23. The van der Waals surface area contributed by atoms with Gasteiger partial charge in [0.15, 0.2) is 0 Å². The molecule has 1 fully saturated rings. The second-order valence-electron chi connectivity index (χ2n) is 10.6. The van der Waals surface area contributed by atoms with Gasteiger partial charge >= 0.3 is 11.9 Å². The highest BCUT2D eigenvalue weighted by Gasteiger charge is 2.50. The van der Waals surface area contributed by atoms with E-state index in [2.05, 4.69) is 21.6 Å². The number of nitro benzene ring substituents is 1. The Morgan fingerprint density at radius 3 is 2.52 bits per heavy atom. The van der Waals surface area contributed by atoms with Crippen LogP contribution in [0.5, 0.6) is 5.75 Å². The van der Waals surface area contributed by atoms with Crippen molar-refractivity contribution < 1.29 is 29.1 Å². The van der Waals surface area contributed by atoms with E-state index < -0.39 is 22.3 Å². The first-order valence-electron chi connectivity index (χ1n) is 14.0. The van der Waals surface area contributed by atoms with E-state index in [0.29, 0.717) is 29.8 Å². The van der Waals surface area contributed by atoms with E-state index in [1.54, 1.807) is 27.0 Å². The first-order chi connectivity index (χ1) is 20.1. The van der Waals surface area contributed by atoms with Gasteiger partial charge in [0.2, 0.25) is 0 Å². The second-order valence-corrected chi connectivity index (χ2v) is 10.6. The zero-order valence-electron chi connectivity index (χ0n) is 24.4.